The molecule has 0 fully saturated rings. The summed E-state index contributed by atoms with van der Waals surface area (Å²) in [7, 11) is 0. The van der Waals surface area contributed by atoms with Crippen LogP contribution in [0.5, 0.6) is 0 Å². The molecular weight excluding hydrogens is 378 g/mol. The third-order valence-electron chi connectivity index (χ3n) is 6.15. The van der Waals surface area contributed by atoms with Gasteiger partial charge in [-0.3, -0.25) is 4.40 Å². The topological polar surface area (TPSA) is 30.2 Å². The van der Waals surface area contributed by atoms with Gasteiger partial charge in [0.2, 0.25) is 0 Å². The summed E-state index contributed by atoms with van der Waals surface area (Å²) in [5.41, 5.74) is 7.42. The highest BCUT2D eigenvalue weighted by atomic mass is 15.0. The molecule has 3 aromatic heterocycles. The normalized spacial score (nSPS) is 11.9. The maximum absolute atomic E-state index is 4.98. The Morgan fingerprint density at radius 3 is 2.23 bits per heavy atom. The Kier molecular flexibility index (Phi) is 3.27. The second-order valence-electron chi connectivity index (χ2n) is 7.93. The van der Waals surface area contributed by atoms with Crippen LogP contribution in [-0.4, -0.2) is 14.4 Å². The highest BCUT2D eigenvalue weighted by Gasteiger charge is 2.14. The smallest absolute Gasteiger partial charge is 0.146 e. The minimum Gasteiger partial charge on any atom is -0.292 e. The van der Waals surface area contributed by atoms with E-state index in [0.29, 0.717) is 0 Å². The van der Waals surface area contributed by atoms with Crippen LogP contribution >= 0.6 is 0 Å². The van der Waals surface area contributed by atoms with E-state index in [-0.39, 0.29) is 0 Å². The van der Waals surface area contributed by atoms with Gasteiger partial charge in [0, 0.05) is 21.7 Å². The van der Waals surface area contributed by atoms with Crippen molar-refractivity contribution in [1.29, 1.82) is 0 Å². The molecule has 0 amide bonds. The van der Waals surface area contributed by atoms with Crippen molar-refractivity contribution in [3.8, 4) is 11.3 Å². The first-order valence-corrected chi connectivity index (χ1v) is 10.4. The van der Waals surface area contributed by atoms with Gasteiger partial charge >= 0.3 is 0 Å². The van der Waals surface area contributed by atoms with Crippen molar-refractivity contribution in [3.05, 3.63) is 103 Å². The fourth-order valence-corrected chi connectivity index (χ4v) is 4.70. The van der Waals surface area contributed by atoms with Crippen LogP contribution in [0.25, 0.3) is 60.5 Å². The summed E-state index contributed by atoms with van der Waals surface area (Å²) in [6, 6.07) is 36.0. The van der Waals surface area contributed by atoms with Crippen molar-refractivity contribution < 1.29 is 0 Å². The van der Waals surface area contributed by atoms with Gasteiger partial charge in [-0.05, 0) is 47.9 Å². The average molecular weight is 395 g/mol. The minimum absolute atomic E-state index is 0.984. The third-order valence-corrected chi connectivity index (χ3v) is 6.15. The van der Waals surface area contributed by atoms with E-state index in [2.05, 4.69) is 89.3 Å². The van der Waals surface area contributed by atoms with E-state index in [4.69, 9.17) is 9.97 Å². The average Bonchev–Trinajstić information content (AvgIpc) is 3.23. The molecule has 0 atom stereocenters. The molecule has 7 rings (SSSR count). The lowest BCUT2D eigenvalue weighted by molar-refractivity contribution is 1.31. The molecule has 7 aromatic rings. The number of nitrogens with zero attached hydrogens (tertiary/aromatic N) is 3. The third kappa shape index (κ3) is 2.34. The summed E-state index contributed by atoms with van der Waals surface area (Å²) < 4.78 is 2.28. The lowest BCUT2D eigenvalue weighted by Crippen LogP contribution is -1.92. The fraction of sp³-hybridized carbons (Fsp3) is 0. The number of pyridine rings is 2. The van der Waals surface area contributed by atoms with Gasteiger partial charge in [0.15, 0.2) is 0 Å². The van der Waals surface area contributed by atoms with Crippen molar-refractivity contribution in [1.82, 2.24) is 14.4 Å². The van der Waals surface area contributed by atoms with Crippen LogP contribution in [0.1, 0.15) is 0 Å². The molecule has 4 aromatic carbocycles. The van der Waals surface area contributed by atoms with Gasteiger partial charge in [0.25, 0.3) is 0 Å². The maximum atomic E-state index is 4.98. The van der Waals surface area contributed by atoms with Crippen LogP contribution in [0.15, 0.2) is 103 Å². The number of imidazole rings is 1. The van der Waals surface area contributed by atoms with Crippen LogP contribution < -0.4 is 0 Å². The monoisotopic (exact) mass is 395 g/mol. The van der Waals surface area contributed by atoms with Gasteiger partial charge < -0.3 is 0 Å². The maximum Gasteiger partial charge on any atom is 0.146 e. The van der Waals surface area contributed by atoms with Crippen LogP contribution in [0.4, 0.5) is 0 Å². The molecular formula is C28H17N3. The number of hydrogen-bond donors (Lipinski definition) is 0. The van der Waals surface area contributed by atoms with Crippen molar-refractivity contribution in [3.63, 3.8) is 0 Å². The largest absolute Gasteiger partial charge is 0.292 e. The molecule has 0 N–H and O–H groups in total. The molecule has 3 nitrogen and oxygen atoms in total. The van der Waals surface area contributed by atoms with Crippen LogP contribution in [0.2, 0.25) is 0 Å². The van der Waals surface area contributed by atoms with Gasteiger partial charge in [-0.15, -0.1) is 0 Å². The number of fused-ring (bicyclic) bond motifs is 9. The Morgan fingerprint density at radius 2 is 1.29 bits per heavy atom. The lowest BCUT2D eigenvalue weighted by Gasteiger charge is -2.11. The SMILES string of the molecule is c1ccc2nc(-c3ccc4c(c3)c3ccccc3n3c5ccccc5nc43)ccc2c1. The molecule has 0 radical (unpaired) electrons. The van der Waals surface area contributed by atoms with Crippen LogP contribution in [0, 0.1) is 0 Å². The predicted octanol–water partition coefficient (Wildman–Crippen LogP) is 7.01. The molecule has 0 aliphatic carbocycles. The van der Waals surface area contributed by atoms with Crippen molar-refractivity contribution in [2.24, 2.45) is 0 Å². The highest BCUT2D eigenvalue weighted by molar-refractivity contribution is 6.14. The summed E-state index contributed by atoms with van der Waals surface area (Å²) in [4.78, 5) is 9.89. The second kappa shape index (κ2) is 6.13. The standard InChI is InChI=1S/C28H17N3/c1-3-9-23-18(7-1)14-16-24(29-23)19-13-15-21-22(17-19)20-8-2-5-11-26(20)31-27-12-6-4-10-25(27)30-28(21)31/h1-17H. The summed E-state index contributed by atoms with van der Waals surface area (Å²) in [6.45, 7) is 0. The number of aromatic nitrogens is 3. The summed E-state index contributed by atoms with van der Waals surface area (Å²) in [5, 5.41) is 4.73. The predicted molar refractivity (Wildman–Crippen MR) is 128 cm³/mol. The molecule has 3 heteroatoms. The Balaban J connectivity index is 1.59. The first kappa shape index (κ1) is 16.5. The van der Waals surface area contributed by atoms with Crippen molar-refractivity contribution in [2.45, 2.75) is 0 Å². The highest BCUT2D eigenvalue weighted by Crippen LogP contribution is 2.34. The Bertz CT molecular complexity index is 1790. The number of rotatable bonds is 1. The zero-order valence-corrected chi connectivity index (χ0v) is 16.7. The first-order valence-electron chi connectivity index (χ1n) is 10.4. The molecule has 144 valence electrons. The van der Waals surface area contributed by atoms with E-state index < -0.39 is 0 Å². The first-order chi connectivity index (χ1) is 15.4. The van der Waals surface area contributed by atoms with Crippen LogP contribution in [0.3, 0.4) is 0 Å². The van der Waals surface area contributed by atoms with E-state index >= 15 is 0 Å². The summed E-state index contributed by atoms with van der Waals surface area (Å²) in [5.74, 6) is 0. The summed E-state index contributed by atoms with van der Waals surface area (Å²) >= 11 is 0. The Morgan fingerprint density at radius 1 is 0.516 bits per heavy atom. The minimum atomic E-state index is 0.984. The van der Waals surface area contributed by atoms with E-state index in [9.17, 15) is 0 Å². The van der Waals surface area contributed by atoms with Gasteiger partial charge in [-0.25, -0.2) is 9.97 Å². The molecule has 0 aliphatic heterocycles. The fourth-order valence-electron chi connectivity index (χ4n) is 4.70. The second-order valence-corrected chi connectivity index (χ2v) is 7.93. The van der Waals surface area contributed by atoms with E-state index in [1.54, 1.807) is 0 Å². The Labute approximate surface area is 178 Å². The zero-order valence-electron chi connectivity index (χ0n) is 16.7. The quantitative estimate of drug-likeness (QED) is 0.280. The number of benzene rings is 4. The van der Waals surface area contributed by atoms with Crippen molar-refractivity contribution in [2.75, 3.05) is 0 Å². The lowest BCUT2D eigenvalue weighted by atomic mass is 10.0. The van der Waals surface area contributed by atoms with Crippen LogP contribution in [-0.2, 0) is 0 Å². The zero-order chi connectivity index (χ0) is 20.4. The van der Waals surface area contributed by atoms with Gasteiger partial charge in [-0.1, -0.05) is 60.7 Å². The van der Waals surface area contributed by atoms with E-state index in [1.165, 1.54) is 16.3 Å². The molecule has 0 spiro atoms. The van der Waals surface area contributed by atoms with E-state index in [1.807, 2.05) is 18.2 Å². The Hall–Kier alpha value is -4.24. The van der Waals surface area contributed by atoms with Gasteiger partial charge in [-0.2, -0.15) is 0 Å². The molecule has 31 heavy (non-hydrogen) atoms. The number of hydrogen-bond acceptors (Lipinski definition) is 2. The summed E-state index contributed by atoms with van der Waals surface area (Å²) in [6.07, 6.45) is 0. The molecule has 0 saturated heterocycles. The molecule has 3 heterocycles. The van der Waals surface area contributed by atoms with E-state index in [0.717, 1.165) is 44.2 Å². The van der Waals surface area contributed by atoms with Gasteiger partial charge in [0.1, 0.15) is 5.65 Å². The molecule has 0 bridgehead atoms. The molecule has 0 saturated carbocycles. The molecule has 0 aliphatic rings. The molecule has 0 unspecified atom stereocenters. The van der Waals surface area contributed by atoms with Crippen molar-refractivity contribution >= 4 is 49.3 Å². The number of para-hydroxylation sites is 4. The van der Waals surface area contributed by atoms with Gasteiger partial charge in [0.05, 0.1) is 27.8 Å².